The van der Waals surface area contributed by atoms with Crippen LogP contribution in [0.5, 0.6) is 0 Å². The zero-order valence-corrected chi connectivity index (χ0v) is 16.3. The van der Waals surface area contributed by atoms with E-state index >= 15 is 0 Å². The van der Waals surface area contributed by atoms with Crippen LogP contribution in [0, 0.1) is 12.8 Å². The van der Waals surface area contributed by atoms with Crippen LogP contribution in [0.3, 0.4) is 0 Å². The molecule has 1 aliphatic rings. The van der Waals surface area contributed by atoms with Gasteiger partial charge in [0.15, 0.2) is 11.6 Å². The van der Waals surface area contributed by atoms with Gasteiger partial charge in [-0.05, 0) is 56.2 Å². The van der Waals surface area contributed by atoms with Crippen molar-refractivity contribution in [1.82, 2.24) is 19.7 Å². The van der Waals surface area contributed by atoms with Crippen molar-refractivity contribution in [2.45, 2.75) is 19.8 Å². The van der Waals surface area contributed by atoms with Gasteiger partial charge in [0, 0.05) is 36.2 Å². The number of benzene rings is 1. The molecule has 1 fully saturated rings. The second kappa shape index (κ2) is 7.98. The van der Waals surface area contributed by atoms with E-state index in [2.05, 4.69) is 25.4 Å². The Morgan fingerprint density at radius 3 is 2.57 bits per heavy atom. The van der Waals surface area contributed by atoms with Gasteiger partial charge in [-0.1, -0.05) is 11.6 Å². The van der Waals surface area contributed by atoms with E-state index in [1.165, 1.54) is 0 Å². The quantitative estimate of drug-likeness (QED) is 0.730. The molecule has 4 rings (SSSR count). The van der Waals surface area contributed by atoms with E-state index in [4.69, 9.17) is 11.6 Å². The summed E-state index contributed by atoms with van der Waals surface area (Å²) in [6, 6.07) is 11.0. The van der Waals surface area contributed by atoms with Crippen molar-refractivity contribution >= 4 is 29.0 Å². The maximum Gasteiger partial charge on any atom is 0.229 e. The number of carbonyl (C=O) groups excluding carboxylic acids is 1. The van der Waals surface area contributed by atoms with Crippen molar-refractivity contribution < 1.29 is 4.79 Å². The third kappa shape index (κ3) is 3.99. The van der Waals surface area contributed by atoms with E-state index in [0.29, 0.717) is 11.6 Å². The van der Waals surface area contributed by atoms with Gasteiger partial charge in [-0.2, -0.15) is 0 Å². The molecule has 1 aromatic carbocycles. The lowest BCUT2D eigenvalue weighted by molar-refractivity contribution is -0.120. The Hall–Kier alpha value is -2.93. The summed E-state index contributed by atoms with van der Waals surface area (Å²) >= 11 is 5.90. The second-order valence-corrected chi connectivity index (χ2v) is 7.31. The van der Waals surface area contributed by atoms with Crippen LogP contribution in [0.25, 0.3) is 5.82 Å². The number of aromatic nitrogens is 4. The van der Waals surface area contributed by atoms with Crippen molar-refractivity contribution in [3.63, 3.8) is 0 Å². The van der Waals surface area contributed by atoms with Crippen LogP contribution >= 0.6 is 11.6 Å². The third-order valence-corrected chi connectivity index (χ3v) is 5.19. The standard InChI is InChI=1S/C20H21ClN6O/c1-14-22-10-12-27(14)19-9-8-18(24-25-19)26-11-2-3-15(13-26)20(28)23-17-6-4-16(21)5-7-17/h4-10,12,15H,2-3,11,13H2,1H3,(H,23,28). The summed E-state index contributed by atoms with van der Waals surface area (Å²) < 4.78 is 1.88. The van der Waals surface area contributed by atoms with E-state index in [9.17, 15) is 4.79 Å². The fourth-order valence-corrected chi connectivity index (χ4v) is 3.54. The van der Waals surface area contributed by atoms with Gasteiger partial charge in [-0.3, -0.25) is 9.36 Å². The highest BCUT2D eigenvalue weighted by atomic mass is 35.5. The van der Waals surface area contributed by atoms with E-state index in [-0.39, 0.29) is 11.8 Å². The average Bonchev–Trinajstić information content (AvgIpc) is 3.16. The number of piperidine rings is 1. The fourth-order valence-electron chi connectivity index (χ4n) is 3.41. The molecule has 1 aliphatic heterocycles. The van der Waals surface area contributed by atoms with Gasteiger partial charge < -0.3 is 10.2 Å². The molecule has 0 aliphatic carbocycles. The zero-order chi connectivity index (χ0) is 19.5. The number of nitrogens with zero attached hydrogens (tertiary/aromatic N) is 5. The number of amides is 1. The van der Waals surface area contributed by atoms with Crippen molar-refractivity contribution in [3.05, 3.63) is 59.6 Å². The lowest BCUT2D eigenvalue weighted by Crippen LogP contribution is -2.41. The molecule has 3 aromatic rings. The summed E-state index contributed by atoms with van der Waals surface area (Å²) in [5.41, 5.74) is 0.756. The molecule has 3 heterocycles. The highest BCUT2D eigenvalue weighted by Crippen LogP contribution is 2.23. The lowest BCUT2D eigenvalue weighted by atomic mass is 9.97. The molecule has 0 bridgehead atoms. The first kappa shape index (κ1) is 18.4. The zero-order valence-electron chi connectivity index (χ0n) is 15.5. The Kier molecular flexibility index (Phi) is 5.25. The lowest BCUT2D eigenvalue weighted by Gasteiger charge is -2.32. The number of nitrogens with one attached hydrogen (secondary N) is 1. The second-order valence-electron chi connectivity index (χ2n) is 6.88. The normalized spacial score (nSPS) is 16.8. The Morgan fingerprint density at radius 2 is 1.89 bits per heavy atom. The minimum Gasteiger partial charge on any atom is -0.354 e. The Labute approximate surface area is 168 Å². The highest BCUT2D eigenvalue weighted by Gasteiger charge is 2.27. The Balaban J connectivity index is 1.42. The highest BCUT2D eigenvalue weighted by molar-refractivity contribution is 6.30. The molecule has 144 valence electrons. The van der Waals surface area contributed by atoms with Crippen LogP contribution in [0.2, 0.25) is 5.02 Å². The molecule has 1 saturated heterocycles. The number of carbonyl (C=O) groups is 1. The van der Waals surface area contributed by atoms with Gasteiger partial charge in [0.1, 0.15) is 5.82 Å². The van der Waals surface area contributed by atoms with Gasteiger partial charge in [0.2, 0.25) is 5.91 Å². The predicted molar refractivity (Wildman–Crippen MR) is 109 cm³/mol. The fraction of sp³-hybridized carbons (Fsp3) is 0.300. The molecule has 2 aromatic heterocycles. The van der Waals surface area contributed by atoms with Crippen LogP contribution in [0.1, 0.15) is 18.7 Å². The number of aryl methyl sites for hydroxylation is 1. The van der Waals surface area contributed by atoms with Gasteiger partial charge in [-0.15, -0.1) is 10.2 Å². The maximum atomic E-state index is 12.7. The van der Waals surface area contributed by atoms with Crippen LogP contribution in [-0.2, 0) is 4.79 Å². The molecule has 1 N–H and O–H groups in total. The summed E-state index contributed by atoms with van der Waals surface area (Å²) in [4.78, 5) is 19.0. The van der Waals surface area contributed by atoms with Crippen molar-refractivity contribution in [1.29, 1.82) is 0 Å². The molecular formula is C20H21ClN6O. The van der Waals surface area contributed by atoms with E-state index in [0.717, 1.165) is 42.5 Å². The monoisotopic (exact) mass is 396 g/mol. The van der Waals surface area contributed by atoms with Crippen LogP contribution in [0.15, 0.2) is 48.8 Å². The first-order valence-electron chi connectivity index (χ1n) is 9.25. The molecule has 0 saturated carbocycles. The Morgan fingerprint density at radius 1 is 1.14 bits per heavy atom. The summed E-state index contributed by atoms with van der Waals surface area (Å²) in [7, 11) is 0. The largest absolute Gasteiger partial charge is 0.354 e. The van der Waals surface area contributed by atoms with Gasteiger partial charge >= 0.3 is 0 Å². The molecule has 8 heteroatoms. The minimum absolute atomic E-state index is 0.0191. The summed E-state index contributed by atoms with van der Waals surface area (Å²) in [5, 5.41) is 12.3. The summed E-state index contributed by atoms with van der Waals surface area (Å²) in [6.07, 6.45) is 5.38. The molecule has 0 spiro atoms. The van der Waals surface area contributed by atoms with Crippen molar-refractivity contribution in [3.8, 4) is 5.82 Å². The number of anilines is 2. The van der Waals surface area contributed by atoms with Gasteiger partial charge in [-0.25, -0.2) is 4.98 Å². The smallest absolute Gasteiger partial charge is 0.229 e. The van der Waals surface area contributed by atoms with E-state index in [1.807, 2.05) is 42.0 Å². The molecule has 7 nitrogen and oxygen atoms in total. The summed E-state index contributed by atoms with van der Waals surface area (Å²) in [5.74, 6) is 2.30. The summed E-state index contributed by atoms with van der Waals surface area (Å²) in [6.45, 7) is 3.41. The molecule has 1 unspecified atom stereocenters. The molecule has 1 atom stereocenters. The first-order chi connectivity index (χ1) is 13.6. The Bertz CT molecular complexity index is 954. The number of rotatable bonds is 4. The number of halogens is 1. The van der Waals surface area contributed by atoms with Gasteiger partial charge in [0.25, 0.3) is 0 Å². The number of hydrogen-bond donors (Lipinski definition) is 1. The van der Waals surface area contributed by atoms with Crippen LogP contribution < -0.4 is 10.2 Å². The first-order valence-corrected chi connectivity index (χ1v) is 9.63. The number of hydrogen-bond acceptors (Lipinski definition) is 5. The van der Waals surface area contributed by atoms with Gasteiger partial charge in [0.05, 0.1) is 5.92 Å². The SMILES string of the molecule is Cc1nccn1-c1ccc(N2CCCC(C(=O)Nc3ccc(Cl)cc3)C2)nn1. The topological polar surface area (TPSA) is 75.9 Å². The van der Waals surface area contributed by atoms with Crippen LogP contribution in [0.4, 0.5) is 11.5 Å². The van der Waals surface area contributed by atoms with Crippen molar-refractivity contribution in [2.75, 3.05) is 23.3 Å². The van der Waals surface area contributed by atoms with Crippen LogP contribution in [-0.4, -0.2) is 38.7 Å². The average molecular weight is 397 g/mol. The number of imidazole rings is 1. The maximum absolute atomic E-state index is 12.7. The van der Waals surface area contributed by atoms with E-state index < -0.39 is 0 Å². The van der Waals surface area contributed by atoms with Crippen molar-refractivity contribution in [2.24, 2.45) is 5.92 Å². The molecule has 0 radical (unpaired) electrons. The van der Waals surface area contributed by atoms with E-state index in [1.54, 1.807) is 18.3 Å². The predicted octanol–water partition coefficient (Wildman–Crippen LogP) is 3.48. The molecular weight excluding hydrogens is 376 g/mol. The molecule has 28 heavy (non-hydrogen) atoms. The third-order valence-electron chi connectivity index (χ3n) is 4.94. The minimum atomic E-state index is -0.0956. The molecule has 1 amide bonds.